The number of carbonyl (C=O) groups is 1. The molecule has 1 aromatic rings. The van der Waals surface area contributed by atoms with E-state index in [1.807, 2.05) is 12.1 Å². The van der Waals surface area contributed by atoms with Crippen LogP contribution in [-0.4, -0.2) is 22.8 Å². The third kappa shape index (κ3) is 1.64. The third-order valence-electron chi connectivity index (χ3n) is 3.60. The molecule has 4 heteroatoms. The fraction of sp³-hybridized carbons (Fsp3) is 0.462. The zero-order valence-electron chi connectivity index (χ0n) is 9.93. The Balaban J connectivity index is 2.57. The number of carboxylic acid groups (broad SMARTS) is 1. The first-order valence-electron chi connectivity index (χ1n) is 5.51. The van der Waals surface area contributed by atoms with E-state index in [0.717, 1.165) is 5.56 Å². The molecule has 2 rings (SSSR count). The molecule has 0 saturated heterocycles. The van der Waals surface area contributed by atoms with Crippen LogP contribution in [0.3, 0.4) is 0 Å². The molecule has 0 bridgehead atoms. The summed E-state index contributed by atoms with van der Waals surface area (Å²) >= 11 is 0. The summed E-state index contributed by atoms with van der Waals surface area (Å²) in [5.41, 5.74) is -1.30. The van der Waals surface area contributed by atoms with Crippen LogP contribution in [0.4, 0.5) is 0 Å². The van der Waals surface area contributed by atoms with Crippen LogP contribution in [0.2, 0.25) is 0 Å². The van der Waals surface area contributed by atoms with Gasteiger partial charge in [0.1, 0.15) is 5.60 Å². The first kappa shape index (κ1) is 12.1. The first-order chi connectivity index (χ1) is 7.89. The van der Waals surface area contributed by atoms with Crippen molar-refractivity contribution in [3.05, 3.63) is 35.4 Å². The maximum Gasteiger partial charge on any atom is 0.312 e. The van der Waals surface area contributed by atoms with Crippen molar-refractivity contribution < 1.29 is 19.7 Å². The fourth-order valence-electron chi connectivity index (χ4n) is 2.13. The standard InChI is InChI=1S/C13H16O4/c1-12(2,11(14)15)13(16)8-17-7-9-5-3-4-6-10(9)13/h3-6,16H,7-8H2,1-2H3,(H,14,15). The molecule has 1 aromatic carbocycles. The van der Waals surface area contributed by atoms with Crippen LogP contribution in [0.25, 0.3) is 0 Å². The highest BCUT2D eigenvalue weighted by Crippen LogP contribution is 2.43. The molecule has 92 valence electrons. The summed E-state index contributed by atoms with van der Waals surface area (Å²) in [5.74, 6) is -1.04. The maximum atomic E-state index is 11.3. The summed E-state index contributed by atoms with van der Waals surface area (Å²) in [7, 11) is 0. The average Bonchev–Trinajstić information content (AvgIpc) is 2.29. The fourth-order valence-corrected chi connectivity index (χ4v) is 2.13. The Morgan fingerprint density at radius 3 is 2.71 bits per heavy atom. The van der Waals surface area contributed by atoms with Crippen LogP contribution in [-0.2, 0) is 21.7 Å². The predicted octanol–water partition coefficient (Wildman–Crippen LogP) is 1.52. The minimum absolute atomic E-state index is 0.00329. The van der Waals surface area contributed by atoms with Crippen LogP contribution < -0.4 is 0 Å². The number of ether oxygens (including phenoxy) is 1. The second kappa shape index (κ2) is 3.82. The normalized spacial score (nSPS) is 24.2. The van der Waals surface area contributed by atoms with Gasteiger partial charge in [-0.05, 0) is 25.0 Å². The van der Waals surface area contributed by atoms with Gasteiger partial charge < -0.3 is 14.9 Å². The SMILES string of the molecule is CC(C)(C(=O)O)C1(O)COCc2ccccc21. The maximum absolute atomic E-state index is 11.3. The Labute approximate surface area is 99.8 Å². The number of hydrogen-bond acceptors (Lipinski definition) is 3. The lowest BCUT2D eigenvalue weighted by Gasteiger charge is -2.43. The molecular formula is C13H16O4. The molecule has 1 heterocycles. The molecule has 2 N–H and O–H groups in total. The second-order valence-electron chi connectivity index (χ2n) is 4.94. The summed E-state index contributed by atoms with van der Waals surface area (Å²) in [4.78, 5) is 11.3. The van der Waals surface area contributed by atoms with Gasteiger partial charge in [-0.3, -0.25) is 4.79 Å². The number of aliphatic hydroxyl groups is 1. The average molecular weight is 236 g/mol. The van der Waals surface area contributed by atoms with Gasteiger partial charge in [0.15, 0.2) is 0 Å². The van der Waals surface area contributed by atoms with Gasteiger partial charge in [0, 0.05) is 0 Å². The third-order valence-corrected chi connectivity index (χ3v) is 3.60. The molecule has 0 fully saturated rings. The molecule has 1 aliphatic rings. The Morgan fingerprint density at radius 2 is 2.06 bits per heavy atom. The summed E-state index contributed by atoms with van der Waals surface area (Å²) in [5, 5.41) is 20.0. The second-order valence-corrected chi connectivity index (χ2v) is 4.94. The van der Waals surface area contributed by atoms with E-state index >= 15 is 0 Å². The van der Waals surface area contributed by atoms with Crippen molar-refractivity contribution in [3.8, 4) is 0 Å². The van der Waals surface area contributed by atoms with Crippen molar-refractivity contribution in [2.45, 2.75) is 26.1 Å². The van der Waals surface area contributed by atoms with Gasteiger partial charge in [0.2, 0.25) is 0 Å². The highest BCUT2D eigenvalue weighted by Gasteiger charge is 2.52. The zero-order valence-corrected chi connectivity index (χ0v) is 9.93. The quantitative estimate of drug-likeness (QED) is 0.817. The molecule has 1 atom stereocenters. The molecule has 17 heavy (non-hydrogen) atoms. The van der Waals surface area contributed by atoms with E-state index in [1.54, 1.807) is 12.1 Å². The number of hydrogen-bond donors (Lipinski definition) is 2. The predicted molar refractivity (Wildman–Crippen MR) is 61.4 cm³/mol. The Hall–Kier alpha value is -1.39. The van der Waals surface area contributed by atoms with Gasteiger partial charge in [-0.2, -0.15) is 0 Å². The van der Waals surface area contributed by atoms with Crippen LogP contribution in [0.15, 0.2) is 24.3 Å². The molecule has 0 amide bonds. The van der Waals surface area contributed by atoms with E-state index in [-0.39, 0.29) is 6.61 Å². The summed E-state index contributed by atoms with van der Waals surface area (Å²) in [6.45, 7) is 3.44. The first-order valence-corrected chi connectivity index (χ1v) is 5.51. The summed E-state index contributed by atoms with van der Waals surface area (Å²) in [6, 6.07) is 7.26. The van der Waals surface area contributed by atoms with Crippen molar-refractivity contribution in [3.63, 3.8) is 0 Å². The highest BCUT2D eigenvalue weighted by atomic mass is 16.5. The smallest absolute Gasteiger partial charge is 0.312 e. The van der Waals surface area contributed by atoms with E-state index in [1.165, 1.54) is 13.8 Å². The minimum atomic E-state index is -1.49. The lowest BCUT2D eigenvalue weighted by Crippen LogP contribution is -2.52. The van der Waals surface area contributed by atoms with Crippen LogP contribution in [0.5, 0.6) is 0 Å². The van der Waals surface area contributed by atoms with Gasteiger partial charge in [-0.1, -0.05) is 24.3 Å². The molecular weight excluding hydrogens is 220 g/mol. The zero-order chi connectivity index (χ0) is 12.7. The minimum Gasteiger partial charge on any atom is -0.481 e. The molecule has 0 aromatic heterocycles. The molecule has 0 saturated carbocycles. The van der Waals surface area contributed by atoms with E-state index < -0.39 is 17.0 Å². The van der Waals surface area contributed by atoms with E-state index in [9.17, 15) is 15.0 Å². The van der Waals surface area contributed by atoms with E-state index in [2.05, 4.69) is 0 Å². The largest absolute Gasteiger partial charge is 0.481 e. The van der Waals surface area contributed by atoms with Gasteiger partial charge in [0.05, 0.1) is 18.6 Å². The number of fused-ring (bicyclic) bond motifs is 1. The molecule has 1 aliphatic heterocycles. The van der Waals surface area contributed by atoms with Gasteiger partial charge in [-0.25, -0.2) is 0 Å². The van der Waals surface area contributed by atoms with E-state index in [4.69, 9.17) is 4.74 Å². The van der Waals surface area contributed by atoms with Crippen LogP contribution >= 0.6 is 0 Å². The molecule has 1 unspecified atom stereocenters. The summed E-state index contributed by atoms with van der Waals surface area (Å²) in [6.07, 6.45) is 0. The number of rotatable bonds is 2. The molecule has 0 spiro atoms. The van der Waals surface area contributed by atoms with Crippen LogP contribution in [0.1, 0.15) is 25.0 Å². The lowest BCUT2D eigenvalue weighted by molar-refractivity contribution is -0.181. The van der Waals surface area contributed by atoms with Gasteiger partial charge in [-0.15, -0.1) is 0 Å². The number of aliphatic carboxylic acids is 1. The number of carboxylic acids is 1. The molecule has 0 radical (unpaired) electrons. The van der Waals surface area contributed by atoms with E-state index in [0.29, 0.717) is 12.2 Å². The van der Waals surface area contributed by atoms with Crippen molar-refractivity contribution in [2.75, 3.05) is 6.61 Å². The van der Waals surface area contributed by atoms with Crippen molar-refractivity contribution in [1.29, 1.82) is 0 Å². The highest BCUT2D eigenvalue weighted by molar-refractivity contribution is 5.76. The van der Waals surface area contributed by atoms with Crippen molar-refractivity contribution in [1.82, 2.24) is 0 Å². The Morgan fingerprint density at radius 1 is 1.41 bits per heavy atom. The van der Waals surface area contributed by atoms with Crippen molar-refractivity contribution >= 4 is 5.97 Å². The number of benzene rings is 1. The van der Waals surface area contributed by atoms with Crippen LogP contribution in [0, 0.1) is 5.41 Å². The lowest BCUT2D eigenvalue weighted by atomic mass is 9.69. The topological polar surface area (TPSA) is 66.8 Å². The monoisotopic (exact) mass is 236 g/mol. The van der Waals surface area contributed by atoms with Gasteiger partial charge in [0.25, 0.3) is 0 Å². The Bertz CT molecular complexity index is 452. The van der Waals surface area contributed by atoms with Gasteiger partial charge >= 0.3 is 5.97 Å². The van der Waals surface area contributed by atoms with Crippen molar-refractivity contribution in [2.24, 2.45) is 5.41 Å². The molecule has 4 nitrogen and oxygen atoms in total. The summed E-state index contributed by atoms with van der Waals surface area (Å²) < 4.78 is 5.33. The molecule has 0 aliphatic carbocycles. The Kier molecular flexibility index (Phi) is 2.72.